The Hall–Kier alpha value is -3.14. The summed E-state index contributed by atoms with van der Waals surface area (Å²) in [4.78, 5) is 10.9. The van der Waals surface area contributed by atoms with E-state index in [1.54, 1.807) is 24.3 Å². The number of H-pyrrole nitrogens is 1. The van der Waals surface area contributed by atoms with Crippen molar-refractivity contribution < 1.29 is 19.0 Å². The zero-order valence-corrected chi connectivity index (χ0v) is 12.2. The van der Waals surface area contributed by atoms with Gasteiger partial charge in [0, 0.05) is 12.0 Å². The van der Waals surface area contributed by atoms with Crippen LogP contribution in [0.1, 0.15) is 28.9 Å². The van der Waals surface area contributed by atoms with Crippen molar-refractivity contribution in [1.82, 2.24) is 15.4 Å². The maximum absolute atomic E-state index is 12.1. The third kappa shape index (κ3) is 4.68. The van der Waals surface area contributed by atoms with Crippen LogP contribution in [0.4, 0.5) is 4.39 Å². The summed E-state index contributed by atoms with van der Waals surface area (Å²) in [5.41, 5.74) is 1.12. The number of hydrogen-bond donors (Lipinski definition) is 2. The van der Waals surface area contributed by atoms with Gasteiger partial charge >= 0.3 is 5.97 Å². The Labute approximate surface area is 132 Å². The molecular weight excluding hydrogens is 301 g/mol. The second kappa shape index (κ2) is 7.75. The number of aromatic nitrogens is 3. The van der Waals surface area contributed by atoms with Crippen molar-refractivity contribution in [3.63, 3.8) is 0 Å². The SMILES string of the molecule is C=C(CC#Cc1cccc(Oc2[nH]nnc2C(=O)O)c1)CCF. The Kier molecular flexibility index (Phi) is 5.47. The molecule has 0 saturated carbocycles. The summed E-state index contributed by atoms with van der Waals surface area (Å²) in [5, 5.41) is 18.1. The maximum Gasteiger partial charge on any atom is 0.362 e. The summed E-state index contributed by atoms with van der Waals surface area (Å²) in [6.45, 7) is 3.29. The Morgan fingerprint density at radius 1 is 1.48 bits per heavy atom. The van der Waals surface area contributed by atoms with Gasteiger partial charge in [0.15, 0.2) is 0 Å². The molecule has 0 spiro atoms. The van der Waals surface area contributed by atoms with Crippen LogP contribution in [0.25, 0.3) is 0 Å². The van der Waals surface area contributed by atoms with Crippen LogP contribution in [-0.4, -0.2) is 33.2 Å². The van der Waals surface area contributed by atoms with Crippen LogP contribution in [0.15, 0.2) is 36.4 Å². The fourth-order valence-corrected chi connectivity index (χ4v) is 1.68. The smallest absolute Gasteiger partial charge is 0.362 e. The molecule has 0 aliphatic heterocycles. The van der Waals surface area contributed by atoms with Gasteiger partial charge in [0.2, 0.25) is 5.69 Å². The van der Waals surface area contributed by atoms with Gasteiger partial charge in [-0.15, -0.1) is 5.10 Å². The summed E-state index contributed by atoms with van der Waals surface area (Å²) in [6.07, 6.45) is 0.727. The lowest BCUT2D eigenvalue weighted by molar-refractivity contribution is 0.0687. The van der Waals surface area contributed by atoms with E-state index in [1.807, 2.05) is 0 Å². The average molecular weight is 315 g/mol. The van der Waals surface area contributed by atoms with Crippen LogP contribution in [0.2, 0.25) is 0 Å². The average Bonchev–Trinajstić information content (AvgIpc) is 2.96. The fourth-order valence-electron chi connectivity index (χ4n) is 1.68. The van der Waals surface area contributed by atoms with E-state index in [0.717, 1.165) is 5.57 Å². The minimum atomic E-state index is -1.24. The normalized spacial score (nSPS) is 9.78. The van der Waals surface area contributed by atoms with E-state index < -0.39 is 12.6 Å². The molecule has 2 N–H and O–H groups in total. The van der Waals surface area contributed by atoms with E-state index >= 15 is 0 Å². The molecule has 7 heteroatoms. The number of benzene rings is 1. The van der Waals surface area contributed by atoms with Crippen molar-refractivity contribution in [1.29, 1.82) is 0 Å². The molecule has 0 fully saturated rings. The number of nitrogens with one attached hydrogen (secondary N) is 1. The van der Waals surface area contributed by atoms with E-state index in [0.29, 0.717) is 24.2 Å². The number of rotatable bonds is 6. The molecule has 0 radical (unpaired) electrons. The largest absolute Gasteiger partial charge is 0.476 e. The number of aromatic amines is 1. The zero-order valence-electron chi connectivity index (χ0n) is 12.2. The first-order valence-electron chi connectivity index (χ1n) is 6.74. The lowest BCUT2D eigenvalue weighted by Crippen LogP contribution is -1.99. The van der Waals surface area contributed by atoms with Crippen LogP contribution in [0.3, 0.4) is 0 Å². The monoisotopic (exact) mass is 315 g/mol. The minimum Gasteiger partial charge on any atom is -0.476 e. The maximum atomic E-state index is 12.1. The van der Waals surface area contributed by atoms with Crippen LogP contribution >= 0.6 is 0 Å². The predicted molar refractivity (Wildman–Crippen MR) is 81.1 cm³/mol. The second-order valence-corrected chi connectivity index (χ2v) is 4.59. The van der Waals surface area contributed by atoms with Gasteiger partial charge in [0.05, 0.1) is 6.67 Å². The highest BCUT2D eigenvalue weighted by molar-refractivity contribution is 5.87. The van der Waals surface area contributed by atoms with E-state index in [-0.39, 0.29) is 11.6 Å². The van der Waals surface area contributed by atoms with Crippen molar-refractivity contribution in [2.24, 2.45) is 0 Å². The summed E-state index contributed by atoms with van der Waals surface area (Å²) in [7, 11) is 0. The molecule has 2 rings (SSSR count). The number of allylic oxidation sites excluding steroid dienone is 1. The molecule has 6 nitrogen and oxygen atoms in total. The van der Waals surface area contributed by atoms with Gasteiger partial charge in [-0.2, -0.15) is 0 Å². The molecule has 1 aromatic heterocycles. The number of carbonyl (C=O) groups is 1. The Bertz CT molecular complexity index is 774. The number of aromatic carboxylic acids is 1. The number of alkyl halides is 1. The van der Waals surface area contributed by atoms with Gasteiger partial charge in [-0.25, -0.2) is 9.89 Å². The standard InChI is InChI=1S/C16H14FN3O3/c1-11(8-9-17)4-2-5-12-6-3-7-13(10-12)23-15-14(16(21)22)18-20-19-15/h3,6-7,10H,1,4,8-9H2,(H,21,22)(H,18,19,20). The Morgan fingerprint density at radius 2 is 2.30 bits per heavy atom. The number of nitrogens with zero attached hydrogens (tertiary/aromatic N) is 2. The molecular formula is C16H14FN3O3. The summed E-state index contributed by atoms with van der Waals surface area (Å²) in [6, 6.07) is 6.80. The molecule has 1 heterocycles. The third-order valence-electron chi connectivity index (χ3n) is 2.79. The van der Waals surface area contributed by atoms with Crippen molar-refractivity contribution in [2.75, 3.05) is 6.67 Å². The van der Waals surface area contributed by atoms with Crippen molar-refractivity contribution in [3.8, 4) is 23.5 Å². The minimum absolute atomic E-state index is 0.0565. The van der Waals surface area contributed by atoms with E-state index in [1.165, 1.54) is 0 Å². The van der Waals surface area contributed by atoms with Crippen LogP contribution < -0.4 is 4.74 Å². The number of carboxylic acid groups (broad SMARTS) is 1. The number of hydrogen-bond acceptors (Lipinski definition) is 4. The molecule has 0 unspecified atom stereocenters. The van der Waals surface area contributed by atoms with Crippen LogP contribution in [0, 0.1) is 11.8 Å². The molecule has 23 heavy (non-hydrogen) atoms. The second-order valence-electron chi connectivity index (χ2n) is 4.59. The molecule has 0 atom stereocenters. The first kappa shape index (κ1) is 16.2. The lowest BCUT2D eigenvalue weighted by atomic mass is 10.1. The zero-order chi connectivity index (χ0) is 16.7. The molecule has 118 valence electrons. The molecule has 0 saturated heterocycles. The highest BCUT2D eigenvalue weighted by atomic mass is 19.1. The third-order valence-corrected chi connectivity index (χ3v) is 2.79. The van der Waals surface area contributed by atoms with Gasteiger partial charge in [0.25, 0.3) is 5.88 Å². The molecule has 1 aromatic carbocycles. The summed E-state index contributed by atoms with van der Waals surface area (Å²) in [5.74, 6) is 4.92. The van der Waals surface area contributed by atoms with Gasteiger partial charge < -0.3 is 9.84 Å². The highest BCUT2D eigenvalue weighted by Gasteiger charge is 2.16. The van der Waals surface area contributed by atoms with E-state index in [9.17, 15) is 9.18 Å². The fraction of sp³-hybridized carbons (Fsp3) is 0.188. The van der Waals surface area contributed by atoms with Crippen molar-refractivity contribution in [2.45, 2.75) is 12.8 Å². The van der Waals surface area contributed by atoms with Crippen LogP contribution in [0.5, 0.6) is 11.6 Å². The number of carboxylic acids is 1. The molecule has 0 aliphatic rings. The van der Waals surface area contributed by atoms with E-state index in [2.05, 4.69) is 33.8 Å². The molecule has 0 amide bonds. The van der Waals surface area contributed by atoms with E-state index in [4.69, 9.17) is 9.84 Å². The highest BCUT2D eigenvalue weighted by Crippen LogP contribution is 2.22. The van der Waals surface area contributed by atoms with Crippen molar-refractivity contribution >= 4 is 5.97 Å². The predicted octanol–water partition coefficient (Wildman–Crippen LogP) is 2.95. The summed E-state index contributed by atoms with van der Waals surface area (Å²) < 4.78 is 17.6. The number of halogens is 1. The molecule has 0 bridgehead atoms. The van der Waals surface area contributed by atoms with Gasteiger partial charge in [-0.05, 0) is 24.6 Å². The first-order valence-corrected chi connectivity index (χ1v) is 6.74. The summed E-state index contributed by atoms with van der Waals surface area (Å²) >= 11 is 0. The van der Waals surface area contributed by atoms with Gasteiger partial charge in [-0.3, -0.25) is 4.39 Å². The molecule has 2 aromatic rings. The van der Waals surface area contributed by atoms with Gasteiger partial charge in [0.1, 0.15) is 5.75 Å². The molecule has 0 aliphatic carbocycles. The lowest BCUT2D eigenvalue weighted by Gasteiger charge is -2.03. The van der Waals surface area contributed by atoms with Crippen LogP contribution in [-0.2, 0) is 0 Å². The van der Waals surface area contributed by atoms with Crippen molar-refractivity contribution in [3.05, 3.63) is 47.7 Å². The Morgan fingerprint density at radius 3 is 3.04 bits per heavy atom. The van der Waals surface area contributed by atoms with Gasteiger partial charge in [-0.1, -0.05) is 35.3 Å². The quantitative estimate of drug-likeness (QED) is 0.632. The Balaban J connectivity index is 2.08. The number of ether oxygens (including phenoxy) is 1. The topological polar surface area (TPSA) is 88.1 Å². The first-order chi connectivity index (χ1) is 11.1.